The predicted octanol–water partition coefficient (Wildman–Crippen LogP) is 3.28. The van der Waals surface area contributed by atoms with Crippen LogP contribution in [0.3, 0.4) is 0 Å². The van der Waals surface area contributed by atoms with Gasteiger partial charge in [-0.2, -0.15) is 0 Å². The van der Waals surface area contributed by atoms with Gasteiger partial charge in [0.25, 0.3) is 11.1 Å². The van der Waals surface area contributed by atoms with E-state index in [0.29, 0.717) is 16.4 Å². The Balaban J connectivity index is 1.88. The molecule has 0 bridgehead atoms. The summed E-state index contributed by atoms with van der Waals surface area (Å²) in [6, 6.07) is 11.0. The molecule has 0 spiro atoms. The molecule has 106 valence electrons. The molecule has 1 aromatic carbocycles. The van der Waals surface area contributed by atoms with Crippen molar-refractivity contribution in [1.29, 1.82) is 0 Å². The lowest BCUT2D eigenvalue weighted by Gasteiger charge is -2.01. The summed E-state index contributed by atoms with van der Waals surface area (Å²) in [4.78, 5) is 22.9. The van der Waals surface area contributed by atoms with Crippen LogP contribution >= 0.6 is 11.8 Å². The quantitative estimate of drug-likeness (QED) is 0.881. The number of hydrogen-bond donors (Lipinski definition) is 1. The summed E-state index contributed by atoms with van der Waals surface area (Å²) in [5, 5.41) is 1.83. The van der Waals surface area contributed by atoms with E-state index in [9.17, 15) is 9.59 Å². The summed E-state index contributed by atoms with van der Waals surface area (Å²) in [5.41, 5.74) is 0.874. The third kappa shape index (κ3) is 2.85. The number of carbonyl (C=O) groups is 2. The first-order valence-corrected chi connectivity index (χ1v) is 6.96. The number of furan rings is 1. The molecule has 2 amide bonds. The molecule has 1 aromatic heterocycles. The highest BCUT2D eigenvalue weighted by Gasteiger charge is 2.25. The first-order chi connectivity index (χ1) is 10.2. The van der Waals surface area contributed by atoms with E-state index in [1.54, 1.807) is 25.3 Å². The summed E-state index contributed by atoms with van der Waals surface area (Å²) in [5.74, 6) is 1.51. The van der Waals surface area contributed by atoms with Crippen molar-refractivity contribution in [2.45, 2.75) is 0 Å². The molecule has 2 heterocycles. The Hall–Kier alpha value is -2.47. The molecule has 1 aliphatic heterocycles. The molecule has 1 aliphatic rings. The van der Waals surface area contributed by atoms with Crippen LogP contribution in [0.15, 0.2) is 45.7 Å². The molecule has 6 heteroatoms. The van der Waals surface area contributed by atoms with Crippen molar-refractivity contribution in [2.75, 3.05) is 7.11 Å². The van der Waals surface area contributed by atoms with Crippen molar-refractivity contribution < 1.29 is 18.7 Å². The molecular weight excluding hydrogens is 290 g/mol. The van der Waals surface area contributed by atoms with Crippen LogP contribution in [0.1, 0.15) is 5.76 Å². The van der Waals surface area contributed by atoms with E-state index in [2.05, 4.69) is 5.32 Å². The second kappa shape index (κ2) is 5.49. The lowest BCUT2D eigenvalue weighted by atomic mass is 10.2. The number of rotatable bonds is 3. The SMILES string of the molecule is COc1cccc(-c2ccc(C=C3SC(=O)NC3=O)o2)c1. The summed E-state index contributed by atoms with van der Waals surface area (Å²) in [7, 11) is 1.60. The van der Waals surface area contributed by atoms with Crippen LogP contribution in [0.4, 0.5) is 4.79 Å². The van der Waals surface area contributed by atoms with E-state index < -0.39 is 5.91 Å². The molecule has 0 unspecified atom stereocenters. The largest absolute Gasteiger partial charge is 0.497 e. The minimum Gasteiger partial charge on any atom is -0.497 e. The topological polar surface area (TPSA) is 68.5 Å². The zero-order valence-electron chi connectivity index (χ0n) is 11.1. The molecule has 0 atom stereocenters. The monoisotopic (exact) mass is 301 g/mol. The first-order valence-electron chi connectivity index (χ1n) is 6.15. The molecule has 0 radical (unpaired) electrons. The fourth-order valence-electron chi connectivity index (χ4n) is 1.91. The Bertz CT molecular complexity index is 748. The minimum absolute atomic E-state index is 0.326. The van der Waals surface area contributed by atoms with Crippen molar-refractivity contribution in [1.82, 2.24) is 5.32 Å². The number of methoxy groups -OCH3 is 1. The van der Waals surface area contributed by atoms with Crippen LogP contribution in [-0.4, -0.2) is 18.3 Å². The van der Waals surface area contributed by atoms with Gasteiger partial charge in [0.2, 0.25) is 0 Å². The van der Waals surface area contributed by atoms with Crippen LogP contribution in [0, 0.1) is 0 Å². The van der Waals surface area contributed by atoms with Gasteiger partial charge in [0, 0.05) is 11.6 Å². The van der Waals surface area contributed by atoms with E-state index in [0.717, 1.165) is 23.1 Å². The van der Waals surface area contributed by atoms with Gasteiger partial charge < -0.3 is 9.15 Å². The van der Waals surface area contributed by atoms with Crippen molar-refractivity contribution in [3.05, 3.63) is 47.1 Å². The normalized spacial score (nSPS) is 16.3. The highest BCUT2D eigenvalue weighted by atomic mass is 32.2. The molecule has 2 aromatic rings. The van der Waals surface area contributed by atoms with Crippen LogP contribution in [-0.2, 0) is 4.79 Å². The van der Waals surface area contributed by atoms with Crippen LogP contribution in [0.2, 0.25) is 0 Å². The minimum atomic E-state index is -0.399. The summed E-state index contributed by atoms with van der Waals surface area (Å²) >= 11 is 0.861. The zero-order valence-corrected chi connectivity index (χ0v) is 11.9. The second-order valence-electron chi connectivity index (χ2n) is 4.29. The second-order valence-corrected chi connectivity index (χ2v) is 5.30. The molecule has 3 rings (SSSR count). The van der Waals surface area contributed by atoms with E-state index in [-0.39, 0.29) is 5.24 Å². The number of imide groups is 1. The third-order valence-corrected chi connectivity index (χ3v) is 3.71. The number of hydrogen-bond acceptors (Lipinski definition) is 5. The lowest BCUT2D eigenvalue weighted by Crippen LogP contribution is -2.17. The van der Waals surface area contributed by atoms with Gasteiger partial charge in [0.05, 0.1) is 12.0 Å². The molecule has 21 heavy (non-hydrogen) atoms. The van der Waals surface area contributed by atoms with E-state index in [1.807, 2.05) is 24.3 Å². The molecule has 0 saturated carbocycles. The van der Waals surface area contributed by atoms with Crippen molar-refractivity contribution in [3.63, 3.8) is 0 Å². The number of ether oxygens (including phenoxy) is 1. The Labute approximate surface area is 125 Å². The molecule has 1 fully saturated rings. The smallest absolute Gasteiger partial charge is 0.290 e. The molecule has 1 N–H and O–H groups in total. The Morgan fingerprint density at radius 2 is 2.10 bits per heavy atom. The zero-order chi connectivity index (χ0) is 14.8. The van der Waals surface area contributed by atoms with Crippen LogP contribution < -0.4 is 10.1 Å². The van der Waals surface area contributed by atoms with Gasteiger partial charge in [-0.15, -0.1) is 0 Å². The van der Waals surface area contributed by atoms with Crippen LogP contribution in [0.25, 0.3) is 17.4 Å². The number of nitrogens with one attached hydrogen (secondary N) is 1. The van der Waals surface area contributed by atoms with Crippen molar-refractivity contribution >= 4 is 29.0 Å². The van der Waals surface area contributed by atoms with Gasteiger partial charge in [-0.05, 0) is 36.0 Å². The molecular formula is C15H11NO4S. The fourth-order valence-corrected chi connectivity index (χ4v) is 2.57. The molecule has 0 aliphatic carbocycles. The highest BCUT2D eigenvalue weighted by molar-refractivity contribution is 8.18. The number of thioether (sulfide) groups is 1. The fraction of sp³-hybridized carbons (Fsp3) is 0.0667. The molecule has 5 nitrogen and oxygen atoms in total. The van der Waals surface area contributed by atoms with E-state index >= 15 is 0 Å². The van der Waals surface area contributed by atoms with Gasteiger partial charge >= 0.3 is 0 Å². The first kappa shape index (κ1) is 13.5. The Morgan fingerprint density at radius 3 is 2.81 bits per heavy atom. The molecule has 1 saturated heterocycles. The maximum absolute atomic E-state index is 11.5. The van der Waals surface area contributed by atoms with Gasteiger partial charge in [-0.3, -0.25) is 14.9 Å². The van der Waals surface area contributed by atoms with Gasteiger partial charge in [-0.1, -0.05) is 12.1 Å². The average Bonchev–Trinajstić information content (AvgIpc) is 3.06. The summed E-state index contributed by atoms with van der Waals surface area (Å²) in [6.07, 6.45) is 1.55. The van der Waals surface area contributed by atoms with Crippen molar-refractivity contribution in [2.24, 2.45) is 0 Å². The number of carbonyl (C=O) groups excluding carboxylic acids is 2. The Kier molecular flexibility index (Phi) is 3.53. The van der Waals surface area contributed by atoms with Crippen LogP contribution in [0.5, 0.6) is 5.75 Å². The van der Waals surface area contributed by atoms with Crippen molar-refractivity contribution in [3.8, 4) is 17.1 Å². The number of benzene rings is 1. The predicted molar refractivity (Wildman–Crippen MR) is 79.8 cm³/mol. The third-order valence-electron chi connectivity index (χ3n) is 2.90. The Morgan fingerprint density at radius 1 is 1.24 bits per heavy atom. The van der Waals surface area contributed by atoms with Gasteiger partial charge in [0.1, 0.15) is 17.3 Å². The van der Waals surface area contributed by atoms with Gasteiger partial charge in [0.15, 0.2) is 0 Å². The number of amides is 2. The summed E-state index contributed by atoms with van der Waals surface area (Å²) in [6.45, 7) is 0. The maximum Gasteiger partial charge on any atom is 0.290 e. The lowest BCUT2D eigenvalue weighted by molar-refractivity contribution is -0.115. The van der Waals surface area contributed by atoms with E-state index in [1.165, 1.54) is 0 Å². The standard InChI is InChI=1S/C15H11NO4S/c1-19-10-4-2-3-9(7-10)12-6-5-11(20-12)8-13-14(17)16-15(18)21-13/h2-8H,1H3,(H,16,17,18). The highest BCUT2D eigenvalue weighted by Crippen LogP contribution is 2.29. The summed E-state index contributed by atoms with van der Waals surface area (Å²) < 4.78 is 10.8. The van der Waals surface area contributed by atoms with E-state index in [4.69, 9.17) is 9.15 Å². The van der Waals surface area contributed by atoms with Gasteiger partial charge in [-0.25, -0.2) is 0 Å². The average molecular weight is 301 g/mol. The maximum atomic E-state index is 11.5.